The normalized spacial score (nSPS) is 11.2. The first kappa shape index (κ1) is 11.1. The van der Waals surface area contributed by atoms with E-state index in [9.17, 15) is 0 Å². The summed E-state index contributed by atoms with van der Waals surface area (Å²) in [4.78, 5) is 0. The molecule has 20 heavy (non-hydrogen) atoms. The fourth-order valence-corrected chi connectivity index (χ4v) is 2.62. The molecule has 0 saturated carbocycles. The second-order valence-corrected chi connectivity index (χ2v) is 4.93. The number of fused-ring (bicyclic) bond motifs is 3. The highest BCUT2D eigenvalue weighted by atomic mass is 16.3. The minimum Gasteiger partial charge on any atom is -0.456 e. The van der Waals surface area contributed by atoms with Crippen LogP contribution in [0, 0.1) is 0 Å². The standard InChI is InChI=1S/C18H13NO/c19-14-5-3-4-12(10-14)13-8-9-18-16(11-13)15-6-1-2-7-17(15)20-18/h1-11H,19H2. The molecule has 0 fully saturated rings. The zero-order valence-electron chi connectivity index (χ0n) is 10.8. The van der Waals surface area contributed by atoms with Crippen LogP contribution in [0.4, 0.5) is 5.69 Å². The lowest BCUT2D eigenvalue weighted by molar-refractivity contribution is 0.669. The van der Waals surface area contributed by atoms with Crippen LogP contribution in [-0.2, 0) is 0 Å². The predicted octanol–water partition coefficient (Wildman–Crippen LogP) is 4.84. The molecular weight excluding hydrogens is 246 g/mol. The Morgan fingerprint density at radius 1 is 0.650 bits per heavy atom. The average molecular weight is 259 g/mol. The molecule has 1 heterocycles. The lowest BCUT2D eigenvalue weighted by atomic mass is 10.0. The van der Waals surface area contributed by atoms with Crippen LogP contribution in [-0.4, -0.2) is 0 Å². The first-order valence-corrected chi connectivity index (χ1v) is 6.58. The zero-order valence-corrected chi connectivity index (χ0v) is 10.8. The number of hydrogen-bond donors (Lipinski definition) is 1. The van der Waals surface area contributed by atoms with Gasteiger partial charge in [-0.1, -0.05) is 36.4 Å². The summed E-state index contributed by atoms with van der Waals surface area (Å²) in [7, 11) is 0. The molecule has 0 saturated heterocycles. The van der Waals surface area contributed by atoms with Crippen LogP contribution in [0.2, 0.25) is 0 Å². The minimum absolute atomic E-state index is 0.777. The van der Waals surface area contributed by atoms with Gasteiger partial charge in [0.2, 0.25) is 0 Å². The zero-order chi connectivity index (χ0) is 13.5. The van der Waals surface area contributed by atoms with E-state index in [1.165, 1.54) is 0 Å². The van der Waals surface area contributed by atoms with Crippen molar-refractivity contribution in [1.82, 2.24) is 0 Å². The summed E-state index contributed by atoms with van der Waals surface area (Å²) in [5, 5.41) is 2.29. The number of benzene rings is 3. The van der Waals surface area contributed by atoms with Gasteiger partial charge in [-0.25, -0.2) is 0 Å². The highest BCUT2D eigenvalue weighted by Gasteiger charge is 2.07. The van der Waals surface area contributed by atoms with Gasteiger partial charge in [0, 0.05) is 16.5 Å². The molecule has 0 unspecified atom stereocenters. The van der Waals surface area contributed by atoms with Crippen LogP contribution in [0.15, 0.2) is 71.1 Å². The number of furan rings is 1. The summed E-state index contributed by atoms with van der Waals surface area (Å²) < 4.78 is 5.84. The molecule has 2 heteroatoms. The van der Waals surface area contributed by atoms with Gasteiger partial charge in [-0.05, 0) is 41.5 Å². The van der Waals surface area contributed by atoms with E-state index in [1.807, 2.05) is 42.5 Å². The molecule has 0 aliphatic rings. The quantitative estimate of drug-likeness (QED) is 0.497. The highest BCUT2D eigenvalue weighted by Crippen LogP contribution is 2.32. The van der Waals surface area contributed by atoms with Gasteiger partial charge in [0.1, 0.15) is 11.2 Å². The van der Waals surface area contributed by atoms with E-state index in [1.54, 1.807) is 0 Å². The Bertz CT molecular complexity index is 921. The Hall–Kier alpha value is -2.74. The van der Waals surface area contributed by atoms with E-state index in [2.05, 4.69) is 24.3 Å². The third-order valence-corrected chi connectivity index (χ3v) is 3.60. The predicted molar refractivity (Wildman–Crippen MR) is 83.6 cm³/mol. The number of nitrogen functional groups attached to an aromatic ring is 1. The Kier molecular flexibility index (Phi) is 2.30. The second kappa shape index (κ2) is 4.14. The van der Waals surface area contributed by atoms with Crippen molar-refractivity contribution >= 4 is 27.6 Å². The van der Waals surface area contributed by atoms with Gasteiger partial charge in [0.25, 0.3) is 0 Å². The van der Waals surface area contributed by atoms with E-state index in [4.69, 9.17) is 10.2 Å². The van der Waals surface area contributed by atoms with Gasteiger partial charge in [-0.2, -0.15) is 0 Å². The molecule has 4 rings (SSSR count). The molecule has 1 aromatic heterocycles. The number of nitrogens with two attached hydrogens (primary N) is 1. The van der Waals surface area contributed by atoms with Crippen molar-refractivity contribution in [3.8, 4) is 11.1 Å². The fraction of sp³-hybridized carbons (Fsp3) is 0. The lowest BCUT2D eigenvalue weighted by Crippen LogP contribution is -1.84. The highest BCUT2D eigenvalue weighted by molar-refractivity contribution is 6.06. The monoisotopic (exact) mass is 259 g/mol. The number of anilines is 1. The molecule has 4 aromatic rings. The van der Waals surface area contributed by atoms with Gasteiger partial charge in [0.05, 0.1) is 0 Å². The van der Waals surface area contributed by atoms with Crippen LogP contribution < -0.4 is 5.73 Å². The number of para-hydroxylation sites is 1. The van der Waals surface area contributed by atoms with Crippen molar-refractivity contribution in [3.63, 3.8) is 0 Å². The molecule has 0 aliphatic heterocycles. The molecule has 0 atom stereocenters. The van der Waals surface area contributed by atoms with Gasteiger partial charge in [-0.15, -0.1) is 0 Å². The van der Waals surface area contributed by atoms with Crippen LogP contribution in [0.5, 0.6) is 0 Å². The molecule has 0 amide bonds. The molecular formula is C18H13NO. The molecule has 96 valence electrons. The van der Waals surface area contributed by atoms with E-state index >= 15 is 0 Å². The van der Waals surface area contributed by atoms with E-state index in [0.29, 0.717) is 0 Å². The fourth-order valence-electron chi connectivity index (χ4n) is 2.62. The second-order valence-electron chi connectivity index (χ2n) is 4.93. The van der Waals surface area contributed by atoms with E-state index < -0.39 is 0 Å². The topological polar surface area (TPSA) is 39.2 Å². The van der Waals surface area contributed by atoms with Crippen LogP contribution in [0.3, 0.4) is 0 Å². The summed E-state index contributed by atoms with van der Waals surface area (Å²) in [6.45, 7) is 0. The van der Waals surface area contributed by atoms with Crippen molar-refractivity contribution in [1.29, 1.82) is 0 Å². The molecule has 0 aliphatic carbocycles. The van der Waals surface area contributed by atoms with E-state index in [0.717, 1.165) is 38.8 Å². The molecule has 0 bridgehead atoms. The Labute approximate surface area is 116 Å². The summed E-state index contributed by atoms with van der Waals surface area (Å²) in [5.74, 6) is 0. The largest absolute Gasteiger partial charge is 0.456 e. The smallest absolute Gasteiger partial charge is 0.135 e. The van der Waals surface area contributed by atoms with Crippen molar-refractivity contribution in [2.45, 2.75) is 0 Å². The summed E-state index contributed by atoms with van der Waals surface area (Å²) in [6.07, 6.45) is 0. The SMILES string of the molecule is Nc1cccc(-c2ccc3oc4ccccc4c3c2)c1. The van der Waals surface area contributed by atoms with Crippen molar-refractivity contribution in [2.24, 2.45) is 0 Å². The maximum Gasteiger partial charge on any atom is 0.135 e. The molecule has 2 nitrogen and oxygen atoms in total. The third-order valence-electron chi connectivity index (χ3n) is 3.60. The van der Waals surface area contributed by atoms with Crippen LogP contribution in [0.25, 0.3) is 33.1 Å². The Morgan fingerprint density at radius 2 is 1.45 bits per heavy atom. The Balaban J connectivity index is 2.00. The number of rotatable bonds is 1. The maximum atomic E-state index is 5.86. The van der Waals surface area contributed by atoms with Crippen molar-refractivity contribution < 1.29 is 4.42 Å². The van der Waals surface area contributed by atoms with Gasteiger partial charge in [-0.3, -0.25) is 0 Å². The van der Waals surface area contributed by atoms with Crippen LogP contribution in [0.1, 0.15) is 0 Å². The first-order valence-electron chi connectivity index (χ1n) is 6.58. The maximum absolute atomic E-state index is 5.86. The molecule has 3 aromatic carbocycles. The molecule has 2 N–H and O–H groups in total. The summed E-state index contributed by atoms with van der Waals surface area (Å²) >= 11 is 0. The molecule has 0 spiro atoms. The van der Waals surface area contributed by atoms with Crippen molar-refractivity contribution in [2.75, 3.05) is 5.73 Å². The number of hydrogen-bond acceptors (Lipinski definition) is 2. The molecule has 0 radical (unpaired) electrons. The lowest BCUT2D eigenvalue weighted by Gasteiger charge is -2.03. The van der Waals surface area contributed by atoms with Gasteiger partial charge in [0.15, 0.2) is 0 Å². The first-order chi connectivity index (χ1) is 9.81. The average Bonchev–Trinajstić information content (AvgIpc) is 2.85. The van der Waals surface area contributed by atoms with E-state index in [-0.39, 0.29) is 0 Å². The van der Waals surface area contributed by atoms with Crippen LogP contribution >= 0.6 is 0 Å². The third kappa shape index (κ3) is 1.66. The van der Waals surface area contributed by atoms with Crippen molar-refractivity contribution in [3.05, 3.63) is 66.7 Å². The minimum atomic E-state index is 0.777. The summed E-state index contributed by atoms with van der Waals surface area (Å²) in [5.41, 5.74) is 10.7. The van der Waals surface area contributed by atoms with Gasteiger partial charge < -0.3 is 10.2 Å². The van der Waals surface area contributed by atoms with Gasteiger partial charge >= 0.3 is 0 Å². The summed E-state index contributed by atoms with van der Waals surface area (Å²) in [6, 6.07) is 22.3. The Morgan fingerprint density at radius 3 is 2.35 bits per heavy atom.